The van der Waals surface area contributed by atoms with Crippen LogP contribution in [0.3, 0.4) is 0 Å². The number of nitrogens with two attached hydrogens (primary N) is 1. The van der Waals surface area contributed by atoms with Gasteiger partial charge in [0.25, 0.3) is 0 Å². The molecule has 5 heteroatoms. The molecule has 1 unspecified atom stereocenters. The third-order valence-corrected chi connectivity index (χ3v) is 4.08. The number of halogens is 1. The first kappa shape index (κ1) is 16.0. The van der Waals surface area contributed by atoms with E-state index in [9.17, 15) is 0 Å². The number of hydrogen-bond donors (Lipinski definition) is 1. The van der Waals surface area contributed by atoms with Crippen LogP contribution >= 0.6 is 15.9 Å². The smallest absolute Gasteiger partial charge is 0.122 e. The van der Waals surface area contributed by atoms with Crippen LogP contribution in [0.1, 0.15) is 36.8 Å². The van der Waals surface area contributed by atoms with Crippen LogP contribution in [-0.2, 0) is 19.4 Å². The minimum absolute atomic E-state index is 0.0963. The van der Waals surface area contributed by atoms with Gasteiger partial charge in [0.05, 0.1) is 24.5 Å². The molecule has 0 amide bonds. The predicted molar refractivity (Wildman–Crippen MR) is 88.6 cm³/mol. The molecule has 0 bridgehead atoms. The summed E-state index contributed by atoms with van der Waals surface area (Å²) in [5, 5.41) is 4.57. The van der Waals surface area contributed by atoms with Crippen LogP contribution in [0.15, 0.2) is 28.7 Å². The van der Waals surface area contributed by atoms with Crippen LogP contribution in [-0.4, -0.2) is 16.9 Å². The molecular formula is C16H22BrN3O. The monoisotopic (exact) mass is 351 g/mol. The fraction of sp³-hybridized carbons (Fsp3) is 0.438. The molecule has 0 radical (unpaired) electrons. The van der Waals surface area contributed by atoms with E-state index >= 15 is 0 Å². The molecule has 2 N–H and O–H groups in total. The van der Waals surface area contributed by atoms with E-state index in [2.05, 4.69) is 47.0 Å². The van der Waals surface area contributed by atoms with E-state index in [4.69, 9.17) is 10.5 Å². The molecule has 2 aromatic rings. The van der Waals surface area contributed by atoms with E-state index < -0.39 is 0 Å². The van der Waals surface area contributed by atoms with Crippen LogP contribution in [0.2, 0.25) is 0 Å². The fourth-order valence-electron chi connectivity index (χ4n) is 2.46. The lowest BCUT2D eigenvalue weighted by Crippen LogP contribution is -2.18. The molecule has 1 atom stereocenters. The first-order chi connectivity index (χ1) is 10.1. The second-order valence-corrected chi connectivity index (χ2v) is 5.91. The first-order valence-electron chi connectivity index (χ1n) is 7.23. The number of aromatic nitrogens is 2. The summed E-state index contributed by atoms with van der Waals surface area (Å²) >= 11 is 3.50. The maximum atomic E-state index is 6.41. The zero-order valence-corrected chi connectivity index (χ0v) is 14.4. The summed E-state index contributed by atoms with van der Waals surface area (Å²) in [7, 11) is 1.68. The van der Waals surface area contributed by atoms with Gasteiger partial charge in [-0.2, -0.15) is 5.10 Å². The zero-order valence-electron chi connectivity index (χ0n) is 12.8. The van der Waals surface area contributed by atoms with Crippen LogP contribution < -0.4 is 10.5 Å². The summed E-state index contributed by atoms with van der Waals surface area (Å²) < 4.78 is 8.45. The highest BCUT2D eigenvalue weighted by Crippen LogP contribution is 2.27. The second-order valence-electron chi connectivity index (χ2n) is 5.00. The van der Waals surface area contributed by atoms with Crippen LogP contribution in [0.25, 0.3) is 0 Å². The van der Waals surface area contributed by atoms with Gasteiger partial charge >= 0.3 is 0 Å². The van der Waals surface area contributed by atoms with Crippen molar-refractivity contribution in [2.24, 2.45) is 5.73 Å². The van der Waals surface area contributed by atoms with Gasteiger partial charge in [0.2, 0.25) is 0 Å². The number of hydrogen-bond acceptors (Lipinski definition) is 3. The molecular weight excluding hydrogens is 330 g/mol. The highest BCUT2D eigenvalue weighted by molar-refractivity contribution is 9.10. The molecule has 2 rings (SSSR count). The maximum Gasteiger partial charge on any atom is 0.122 e. The Labute approximate surface area is 134 Å². The third-order valence-electron chi connectivity index (χ3n) is 3.59. The van der Waals surface area contributed by atoms with Crippen molar-refractivity contribution in [3.8, 4) is 5.75 Å². The molecule has 0 aliphatic rings. The molecule has 1 aromatic carbocycles. The Hall–Kier alpha value is -1.33. The minimum Gasteiger partial charge on any atom is -0.496 e. The van der Waals surface area contributed by atoms with E-state index in [1.807, 2.05) is 16.8 Å². The number of rotatable bonds is 6. The van der Waals surface area contributed by atoms with Crippen molar-refractivity contribution < 1.29 is 4.74 Å². The van der Waals surface area contributed by atoms with Gasteiger partial charge in [-0.05, 0) is 49.6 Å². The lowest BCUT2D eigenvalue weighted by Gasteiger charge is -2.15. The molecule has 114 valence electrons. The van der Waals surface area contributed by atoms with Crippen molar-refractivity contribution in [3.63, 3.8) is 0 Å². The lowest BCUT2D eigenvalue weighted by atomic mass is 10.0. The van der Waals surface area contributed by atoms with Crippen molar-refractivity contribution in [2.45, 2.75) is 39.3 Å². The van der Waals surface area contributed by atoms with Gasteiger partial charge in [0.1, 0.15) is 5.75 Å². The molecule has 0 saturated carbocycles. The molecule has 4 nitrogen and oxygen atoms in total. The first-order valence-corrected chi connectivity index (χ1v) is 8.02. The molecule has 0 saturated heterocycles. The highest BCUT2D eigenvalue weighted by atomic mass is 79.9. The van der Waals surface area contributed by atoms with Crippen molar-refractivity contribution >= 4 is 15.9 Å². The van der Waals surface area contributed by atoms with Gasteiger partial charge in [0.15, 0.2) is 0 Å². The van der Waals surface area contributed by atoms with E-state index in [-0.39, 0.29) is 6.04 Å². The van der Waals surface area contributed by atoms with E-state index in [0.29, 0.717) is 0 Å². The van der Waals surface area contributed by atoms with Crippen molar-refractivity contribution in [2.75, 3.05) is 7.11 Å². The number of methoxy groups -OCH3 is 1. The largest absolute Gasteiger partial charge is 0.496 e. The van der Waals surface area contributed by atoms with E-state index in [0.717, 1.165) is 46.6 Å². The second kappa shape index (κ2) is 7.09. The number of aryl methyl sites for hydroxylation is 2. The Balaban J connectivity index is 2.27. The third kappa shape index (κ3) is 3.66. The number of ether oxygens (including phenoxy) is 1. The Kier molecular flexibility index (Phi) is 5.42. The SMILES string of the molecule is CCc1cc(C(N)Cc2cc(Br)ccc2OC)n(CC)n1. The molecule has 0 fully saturated rings. The molecule has 1 aromatic heterocycles. The highest BCUT2D eigenvalue weighted by Gasteiger charge is 2.16. The van der Waals surface area contributed by atoms with Gasteiger partial charge in [0, 0.05) is 11.0 Å². The summed E-state index contributed by atoms with van der Waals surface area (Å²) in [5.41, 5.74) is 9.68. The fourth-order valence-corrected chi connectivity index (χ4v) is 2.87. The van der Waals surface area contributed by atoms with E-state index in [1.165, 1.54) is 0 Å². The summed E-state index contributed by atoms with van der Waals surface area (Å²) in [6.07, 6.45) is 1.64. The standard InChI is InChI=1S/C16H22BrN3O/c1-4-13-10-15(20(5-2)19-13)14(18)9-11-8-12(17)6-7-16(11)21-3/h6-8,10,14H,4-5,9,18H2,1-3H3. The van der Waals surface area contributed by atoms with Crippen molar-refractivity contribution in [1.82, 2.24) is 9.78 Å². The maximum absolute atomic E-state index is 6.41. The van der Waals surface area contributed by atoms with Gasteiger partial charge in [-0.1, -0.05) is 22.9 Å². The van der Waals surface area contributed by atoms with Gasteiger partial charge in [-0.15, -0.1) is 0 Å². The lowest BCUT2D eigenvalue weighted by molar-refractivity contribution is 0.407. The van der Waals surface area contributed by atoms with Gasteiger partial charge < -0.3 is 10.5 Å². The Bertz CT molecular complexity index is 610. The quantitative estimate of drug-likeness (QED) is 0.866. The Morgan fingerprint density at radius 1 is 1.33 bits per heavy atom. The summed E-state index contributed by atoms with van der Waals surface area (Å²) in [6, 6.07) is 8.01. The van der Waals surface area contributed by atoms with Crippen molar-refractivity contribution in [3.05, 3.63) is 45.7 Å². The summed E-state index contributed by atoms with van der Waals surface area (Å²) in [4.78, 5) is 0. The Morgan fingerprint density at radius 3 is 2.71 bits per heavy atom. The van der Waals surface area contributed by atoms with Gasteiger partial charge in [-0.3, -0.25) is 4.68 Å². The normalized spacial score (nSPS) is 12.4. The van der Waals surface area contributed by atoms with Crippen molar-refractivity contribution in [1.29, 1.82) is 0 Å². The Morgan fingerprint density at radius 2 is 2.10 bits per heavy atom. The average Bonchev–Trinajstić information content (AvgIpc) is 2.91. The summed E-state index contributed by atoms with van der Waals surface area (Å²) in [5.74, 6) is 0.868. The summed E-state index contributed by atoms with van der Waals surface area (Å²) in [6.45, 7) is 5.02. The number of nitrogens with zero attached hydrogens (tertiary/aromatic N) is 2. The topological polar surface area (TPSA) is 53.1 Å². The molecule has 0 aliphatic carbocycles. The predicted octanol–water partition coefficient (Wildman–Crippen LogP) is 3.48. The zero-order chi connectivity index (χ0) is 15.4. The molecule has 0 aliphatic heterocycles. The van der Waals surface area contributed by atoms with Crippen LogP contribution in [0.4, 0.5) is 0 Å². The van der Waals surface area contributed by atoms with Gasteiger partial charge in [-0.25, -0.2) is 0 Å². The molecule has 1 heterocycles. The van der Waals surface area contributed by atoms with E-state index in [1.54, 1.807) is 7.11 Å². The molecule has 21 heavy (non-hydrogen) atoms. The van der Waals surface area contributed by atoms with Crippen LogP contribution in [0, 0.1) is 0 Å². The average molecular weight is 352 g/mol. The van der Waals surface area contributed by atoms with Crippen LogP contribution in [0.5, 0.6) is 5.75 Å². The number of benzene rings is 1. The molecule has 0 spiro atoms. The minimum atomic E-state index is -0.0963.